The van der Waals surface area contributed by atoms with Crippen LogP contribution in [0.1, 0.15) is 26.3 Å². The summed E-state index contributed by atoms with van der Waals surface area (Å²) in [6, 6.07) is 3.51. The number of pyridine rings is 2. The van der Waals surface area contributed by atoms with Gasteiger partial charge in [-0.05, 0) is 33.3 Å². The summed E-state index contributed by atoms with van der Waals surface area (Å²) < 4.78 is 19.7. The molecule has 30 heavy (non-hydrogen) atoms. The van der Waals surface area contributed by atoms with Crippen LogP contribution < -0.4 is 10.1 Å². The van der Waals surface area contributed by atoms with Crippen LogP contribution in [0.2, 0.25) is 0 Å². The lowest BCUT2D eigenvalue weighted by Crippen LogP contribution is -2.58. The number of nitrogens with zero attached hydrogens (tertiary/aromatic N) is 4. The van der Waals surface area contributed by atoms with Crippen LogP contribution in [-0.4, -0.2) is 82.4 Å². The normalized spacial score (nSPS) is 17.8. The molecule has 164 valence electrons. The van der Waals surface area contributed by atoms with Crippen molar-refractivity contribution >= 4 is 17.1 Å². The average molecular weight is 420 g/mol. The molecule has 0 aliphatic carbocycles. The van der Waals surface area contributed by atoms with Gasteiger partial charge in [0, 0.05) is 55.9 Å². The lowest BCUT2D eigenvalue weighted by Gasteiger charge is -2.40. The van der Waals surface area contributed by atoms with Gasteiger partial charge in [0.15, 0.2) is 0 Å². The van der Waals surface area contributed by atoms with Crippen molar-refractivity contribution in [2.24, 2.45) is 0 Å². The molecule has 0 spiro atoms. The van der Waals surface area contributed by atoms with Crippen LogP contribution in [0.15, 0.2) is 18.3 Å². The van der Waals surface area contributed by atoms with Crippen molar-refractivity contribution in [3.8, 4) is 5.88 Å². The lowest BCUT2D eigenvalue weighted by molar-refractivity contribution is 0.0816. The molecule has 0 saturated carbocycles. The molecular formula is C21H30FN5O3. The molecule has 0 radical (unpaired) electrons. The van der Waals surface area contributed by atoms with Crippen molar-refractivity contribution < 1.29 is 19.0 Å². The Kier molecular flexibility index (Phi) is 6.72. The molecule has 1 aliphatic heterocycles. The summed E-state index contributed by atoms with van der Waals surface area (Å²) in [7, 11) is 1.53. The molecule has 8 nitrogen and oxygen atoms in total. The molecule has 3 heterocycles. The van der Waals surface area contributed by atoms with Crippen LogP contribution in [0.3, 0.4) is 0 Å². The predicted octanol–water partition coefficient (Wildman–Crippen LogP) is 2.37. The Morgan fingerprint density at radius 2 is 2.20 bits per heavy atom. The number of halogens is 1. The van der Waals surface area contributed by atoms with Crippen molar-refractivity contribution in [1.29, 1.82) is 0 Å². The summed E-state index contributed by atoms with van der Waals surface area (Å²) in [6.45, 7) is 8.99. The summed E-state index contributed by atoms with van der Waals surface area (Å²) in [5.41, 5.74) is 1.20. The first kappa shape index (κ1) is 22.2. The fourth-order valence-electron chi connectivity index (χ4n) is 3.78. The Bertz CT molecular complexity index is 902. The van der Waals surface area contributed by atoms with Gasteiger partial charge in [-0.1, -0.05) is 0 Å². The quantitative estimate of drug-likeness (QED) is 0.743. The molecule has 1 aliphatic rings. The molecule has 9 heteroatoms. The second-order valence-corrected chi connectivity index (χ2v) is 8.57. The number of ether oxygens (including phenoxy) is 1. The summed E-state index contributed by atoms with van der Waals surface area (Å²) in [4.78, 5) is 23.8. The van der Waals surface area contributed by atoms with Gasteiger partial charge in [0.05, 0.1) is 24.3 Å². The van der Waals surface area contributed by atoms with E-state index in [1.54, 1.807) is 12.1 Å². The topological polar surface area (TPSA) is 90.8 Å². The minimum Gasteiger partial charge on any atom is -0.481 e. The molecule has 1 amide bonds. The van der Waals surface area contributed by atoms with E-state index in [0.717, 1.165) is 13.1 Å². The maximum absolute atomic E-state index is 14.5. The lowest BCUT2D eigenvalue weighted by atomic mass is 10.0. The highest BCUT2D eigenvalue weighted by Crippen LogP contribution is 2.22. The van der Waals surface area contributed by atoms with Gasteiger partial charge in [-0.2, -0.15) is 0 Å². The number of fused-ring (bicyclic) bond motifs is 1. The number of carbonyl (C=O) groups is 1. The SMILES string of the molecule is COc1ccc2ncc(F)c(CCN3CCNC(CN(C(=O)O)C(C)(C)C)C3)c2n1. The highest BCUT2D eigenvalue weighted by atomic mass is 19.1. The van der Waals surface area contributed by atoms with Gasteiger partial charge in [-0.3, -0.25) is 4.98 Å². The summed E-state index contributed by atoms with van der Waals surface area (Å²) in [5.74, 6) is 0.0500. The first-order valence-electron chi connectivity index (χ1n) is 10.1. The Morgan fingerprint density at radius 1 is 1.43 bits per heavy atom. The molecule has 2 aromatic heterocycles. The van der Waals surface area contributed by atoms with Crippen LogP contribution in [0, 0.1) is 5.82 Å². The molecule has 1 saturated heterocycles. The number of piperazine rings is 1. The highest BCUT2D eigenvalue weighted by Gasteiger charge is 2.30. The Balaban J connectivity index is 1.69. The molecule has 1 atom stereocenters. The third kappa shape index (κ3) is 5.14. The number of hydrogen-bond acceptors (Lipinski definition) is 6. The molecular weight excluding hydrogens is 389 g/mol. The fourth-order valence-corrected chi connectivity index (χ4v) is 3.78. The van der Waals surface area contributed by atoms with Gasteiger partial charge in [-0.25, -0.2) is 14.2 Å². The largest absolute Gasteiger partial charge is 0.481 e. The van der Waals surface area contributed by atoms with Crippen LogP contribution >= 0.6 is 0 Å². The second-order valence-electron chi connectivity index (χ2n) is 8.57. The van der Waals surface area contributed by atoms with E-state index >= 15 is 0 Å². The highest BCUT2D eigenvalue weighted by molar-refractivity contribution is 5.78. The van der Waals surface area contributed by atoms with E-state index in [4.69, 9.17) is 4.74 Å². The van der Waals surface area contributed by atoms with E-state index in [-0.39, 0.29) is 11.9 Å². The first-order valence-corrected chi connectivity index (χ1v) is 10.1. The van der Waals surface area contributed by atoms with E-state index in [9.17, 15) is 14.3 Å². The van der Waals surface area contributed by atoms with E-state index in [0.29, 0.717) is 48.5 Å². The number of nitrogens with one attached hydrogen (secondary N) is 1. The number of aromatic nitrogens is 2. The maximum atomic E-state index is 14.5. The molecule has 3 rings (SSSR count). The van der Waals surface area contributed by atoms with Gasteiger partial charge < -0.3 is 25.0 Å². The van der Waals surface area contributed by atoms with Crippen LogP contribution in [-0.2, 0) is 6.42 Å². The zero-order chi connectivity index (χ0) is 21.9. The van der Waals surface area contributed by atoms with Gasteiger partial charge in [0.25, 0.3) is 0 Å². The minimum atomic E-state index is -0.924. The minimum absolute atomic E-state index is 0.0197. The van der Waals surface area contributed by atoms with Crippen LogP contribution in [0.25, 0.3) is 11.0 Å². The summed E-state index contributed by atoms with van der Waals surface area (Å²) >= 11 is 0. The van der Waals surface area contributed by atoms with Crippen molar-refractivity contribution in [2.45, 2.75) is 38.8 Å². The smallest absolute Gasteiger partial charge is 0.407 e. The number of methoxy groups -OCH3 is 1. The molecule has 0 aromatic carbocycles. The summed E-state index contributed by atoms with van der Waals surface area (Å²) in [6.07, 6.45) is 0.798. The molecule has 1 unspecified atom stereocenters. The van der Waals surface area contributed by atoms with E-state index in [1.807, 2.05) is 20.8 Å². The fraction of sp³-hybridized carbons (Fsp3) is 0.571. The number of amides is 1. The van der Waals surface area contributed by atoms with Gasteiger partial charge in [0.2, 0.25) is 5.88 Å². The van der Waals surface area contributed by atoms with E-state index in [1.165, 1.54) is 18.2 Å². The van der Waals surface area contributed by atoms with Gasteiger partial charge in [-0.15, -0.1) is 0 Å². The zero-order valence-corrected chi connectivity index (χ0v) is 18.0. The van der Waals surface area contributed by atoms with E-state index < -0.39 is 11.6 Å². The Morgan fingerprint density at radius 3 is 2.87 bits per heavy atom. The average Bonchev–Trinajstić information content (AvgIpc) is 2.70. The number of rotatable bonds is 6. The Hall–Kier alpha value is -2.52. The third-order valence-electron chi connectivity index (χ3n) is 5.41. The van der Waals surface area contributed by atoms with E-state index in [2.05, 4.69) is 20.2 Å². The molecule has 1 fully saturated rings. The van der Waals surface area contributed by atoms with Crippen molar-refractivity contribution in [2.75, 3.05) is 39.8 Å². The first-order chi connectivity index (χ1) is 14.2. The van der Waals surface area contributed by atoms with Gasteiger partial charge in [0.1, 0.15) is 5.82 Å². The zero-order valence-electron chi connectivity index (χ0n) is 18.0. The van der Waals surface area contributed by atoms with Crippen molar-refractivity contribution in [3.05, 3.63) is 29.7 Å². The monoisotopic (exact) mass is 419 g/mol. The molecule has 2 N–H and O–H groups in total. The standard InChI is InChI=1S/C21H30FN5O3/c1-21(2,3)27(20(28)29)13-14-12-26(10-8-23-14)9-7-15-16(22)11-24-17-5-6-18(30-4)25-19(15)17/h5-6,11,14,23H,7-10,12-13H2,1-4H3,(H,28,29). The van der Waals surface area contributed by atoms with Crippen LogP contribution in [0.5, 0.6) is 5.88 Å². The number of carboxylic acid groups (broad SMARTS) is 1. The maximum Gasteiger partial charge on any atom is 0.407 e. The Labute approximate surface area is 176 Å². The van der Waals surface area contributed by atoms with Crippen LogP contribution in [0.4, 0.5) is 9.18 Å². The van der Waals surface area contributed by atoms with Crippen molar-refractivity contribution in [1.82, 2.24) is 25.1 Å². The second kappa shape index (κ2) is 9.09. The predicted molar refractivity (Wildman–Crippen MR) is 112 cm³/mol. The molecule has 0 bridgehead atoms. The molecule has 2 aromatic rings. The van der Waals surface area contributed by atoms with Crippen molar-refractivity contribution in [3.63, 3.8) is 0 Å². The third-order valence-corrected chi connectivity index (χ3v) is 5.41. The number of hydrogen-bond donors (Lipinski definition) is 2. The summed E-state index contributed by atoms with van der Waals surface area (Å²) in [5, 5.41) is 13.0. The van der Waals surface area contributed by atoms with Gasteiger partial charge >= 0.3 is 6.09 Å².